The van der Waals surface area contributed by atoms with Crippen molar-refractivity contribution < 1.29 is 23.9 Å². The minimum atomic E-state index is -0.866. The van der Waals surface area contributed by atoms with Gasteiger partial charge in [0.05, 0.1) is 24.3 Å². The van der Waals surface area contributed by atoms with Crippen LogP contribution in [0.2, 0.25) is 5.02 Å². The van der Waals surface area contributed by atoms with Gasteiger partial charge in [-0.1, -0.05) is 23.7 Å². The molecule has 0 radical (unpaired) electrons. The fraction of sp³-hybridized carbons (Fsp3) is 0.258. The highest BCUT2D eigenvalue weighted by molar-refractivity contribution is 7.80. The number of benzene rings is 3. The van der Waals surface area contributed by atoms with E-state index in [4.69, 9.17) is 28.6 Å². The summed E-state index contributed by atoms with van der Waals surface area (Å²) < 4.78 is 5.05. The molecule has 3 aromatic carbocycles. The van der Waals surface area contributed by atoms with Gasteiger partial charge in [-0.2, -0.15) is 0 Å². The third-order valence-electron chi connectivity index (χ3n) is 7.14. The first-order chi connectivity index (χ1) is 20.2. The first-order valence-corrected chi connectivity index (χ1v) is 14.4. The minimum Gasteiger partial charge on any atom is -0.462 e. The summed E-state index contributed by atoms with van der Waals surface area (Å²) in [4.78, 5) is 56.0. The molecule has 2 aliphatic rings. The van der Waals surface area contributed by atoms with Crippen LogP contribution in [0.5, 0.6) is 0 Å². The van der Waals surface area contributed by atoms with Crippen molar-refractivity contribution in [2.24, 2.45) is 0 Å². The van der Waals surface area contributed by atoms with E-state index in [-0.39, 0.29) is 42.4 Å². The number of nitrogens with one attached hydrogen (secondary N) is 1. The van der Waals surface area contributed by atoms with E-state index in [1.165, 1.54) is 4.90 Å². The van der Waals surface area contributed by atoms with Crippen LogP contribution in [0, 0.1) is 0 Å². The predicted molar refractivity (Wildman–Crippen MR) is 165 cm³/mol. The Kier molecular flexibility index (Phi) is 8.84. The summed E-state index contributed by atoms with van der Waals surface area (Å²) in [6, 6.07) is 19.8. The molecule has 0 aliphatic carbocycles. The highest BCUT2D eigenvalue weighted by Gasteiger charge is 2.44. The van der Waals surface area contributed by atoms with Crippen LogP contribution in [0.25, 0.3) is 0 Å². The Bertz CT molecular complexity index is 1510. The average Bonchev–Trinajstić information content (AvgIpc) is 3.51. The van der Waals surface area contributed by atoms with E-state index in [2.05, 4.69) is 5.32 Å². The van der Waals surface area contributed by atoms with Crippen molar-refractivity contribution >= 4 is 69.7 Å². The van der Waals surface area contributed by atoms with Crippen LogP contribution in [0.4, 0.5) is 17.1 Å². The molecule has 1 N–H and O–H groups in total. The maximum atomic E-state index is 13.8. The van der Waals surface area contributed by atoms with E-state index >= 15 is 0 Å². The topological polar surface area (TPSA) is 99.3 Å². The van der Waals surface area contributed by atoms with Gasteiger partial charge in [0.1, 0.15) is 6.04 Å². The van der Waals surface area contributed by atoms with Crippen LogP contribution in [0.15, 0.2) is 72.8 Å². The summed E-state index contributed by atoms with van der Waals surface area (Å²) in [5.41, 5.74) is 3.08. The van der Waals surface area contributed by atoms with Crippen molar-refractivity contribution in [1.82, 2.24) is 4.90 Å². The van der Waals surface area contributed by atoms with Crippen LogP contribution in [0.3, 0.4) is 0 Å². The molecule has 1 atom stereocenters. The second-order valence-corrected chi connectivity index (χ2v) is 10.7. The van der Waals surface area contributed by atoms with Crippen molar-refractivity contribution in [2.75, 3.05) is 28.3 Å². The van der Waals surface area contributed by atoms with Gasteiger partial charge in [-0.3, -0.25) is 19.3 Å². The Morgan fingerprint density at radius 3 is 2.26 bits per heavy atom. The molecule has 2 aliphatic heterocycles. The number of esters is 1. The molecule has 42 heavy (non-hydrogen) atoms. The van der Waals surface area contributed by atoms with Gasteiger partial charge in [0.15, 0.2) is 5.11 Å². The summed E-state index contributed by atoms with van der Waals surface area (Å²) in [7, 11) is 0. The first-order valence-electron chi connectivity index (χ1n) is 13.6. The molecule has 3 amide bonds. The lowest BCUT2D eigenvalue weighted by Gasteiger charge is -2.24. The van der Waals surface area contributed by atoms with Gasteiger partial charge in [-0.15, -0.1) is 0 Å². The number of rotatable bonds is 9. The average molecular weight is 605 g/mol. The Morgan fingerprint density at radius 2 is 1.64 bits per heavy atom. The lowest BCUT2D eigenvalue weighted by atomic mass is 10.1. The molecular formula is C31H29ClN4O5S. The van der Waals surface area contributed by atoms with E-state index in [1.54, 1.807) is 65.3 Å². The van der Waals surface area contributed by atoms with Crippen molar-refractivity contribution in [3.05, 3.63) is 88.9 Å². The summed E-state index contributed by atoms with van der Waals surface area (Å²) in [6.45, 7) is 2.94. The number of hydrogen-bond donors (Lipinski definition) is 1. The van der Waals surface area contributed by atoms with E-state index < -0.39 is 12.0 Å². The Balaban J connectivity index is 1.38. The van der Waals surface area contributed by atoms with Gasteiger partial charge < -0.3 is 19.9 Å². The lowest BCUT2D eigenvalue weighted by molar-refractivity contribution is -0.124. The molecule has 11 heteroatoms. The molecule has 216 valence electrons. The highest BCUT2D eigenvalue weighted by Crippen LogP contribution is 2.30. The number of ether oxygens (including phenoxy) is 1. The van der Waals surface area contributed by atoms with Crippen LogP contribution in [-0.4, -0.2) is 52.9 Å². The van der Waals surface area contributed by atoms with Crippen LogP contribution in [-0.2, 0) is 25.7 Å². The van der Waals surface area contributed by atoms with E-state index in [1.807, 2.05) is 24.3 Å². The number of hydrogen-bond acceptors (Lipinski definition) is 6. The number of halogens is 1. The molecule has 2 saturated heterocycles. The quantitative estimate of drug-likeness (QED) is 0.266. The number of carbonyl (C=O) groups is 4. The summed E-state index contributed by atoms with van der Waals surface area (Å²) >= 11 is 11.7. The van der Waals surface area contributed by atoms with E-state index in [0.29, 0.717) is 34.9 Å². The molecule has 0 aromatic heterocycles. The number of nitrogens with zero attached hydrogens (tertiary/aromatic N) is 3. The van der Waals surface area contributed by atoms with Crippen molar-refractivity contribution in [3.63, 3.8) is 0 Å². The van der Waals surface area contributed by atoms with Crippen molar-refractivity contribution in [2.45, 2.75) is 38.8 Å². The first kappa shape index (κ1) is 29.2. The van der Waals surface area contributed by atoms with Crippen LogP contribution in [0.1, 0.15) is 42.1 Å². The fourth-order valence-corrected chi connectivity index (χ4v) is 5.55. The van der Waals surface area contributed by atoms with Crippen LogP contribution >= 0.6 is 23.8 Å². The fourth-order valence-electron chi connectivity index (χ4n) is 5.03. The standard InChI is InChI=1S/C31H29ClN4O5S/c1-2-41-30(40)21-7-15-25(16-8-21)36-29(39)26(18-27(37)33-23-11-9-22(32)10-12-23)35(31(36)42)19-20-5-13-24(14-6-20)34-17-3-4-28(34)38/h5-16,26H,2-4,17-19H2,1H3,(H,33,37)/t26-/m1/s1. The smallest absolute Gasteiger partial charge is 0.338 e. The number of amides is 3. The van der Waals surface area contributed by atoms with E-state index in [9.17, 15) is 19.2 Å². The van der Waals surface area contributed by atoms with Gasteiger partial charge >= 0.3 is 5.97 Å². The Labute approximate surface area is 254 Å². The number of carbonyl (C=O) groups excluding carboxylic acids is 4. The normalized spacial score (nSPS) is 16.8. The zero-order valence-electron chi connectivity index (χ0n) is 22.9. The Morgan fingerprint density at radius 1 is 0.976 bits per heavy atom. The molecule has 3 aromatic rings. The Hall–Kier alpha value is -4.28. The van der Waals surface area contributed by atoms with Gasteiger partial charge in [0, 0.05) is 35.9 Å². The maximum Gasteiger partial charge on any atom is 0.338 e. The molecule has 5 rings (SSSR count). The minimum absolute atomic E-state index is 0.102. The summed E-state index contributed by atoms with van der Waals surface area (Å²) in [5.74, 6) is -1.07. The molecule has 0 saturated carbocycles. The zero-order valence-corrected chi connectivity index (χ0v) is 24.5. The molecule has 0 spiro atoms. The number of anilines is 3. The largest absolute Gasteiger partial charge is 0.462 e. The molecule has 0 bridgehead atoms. The molecule has 9 nitrogen and oxygen atoms in total. The monoisotopic (exact) mass is 604 g/mol. The van der Waals surface area contributed by atoms with Gasteiger partial charge in [0.2, 0.25) is 11.8 Å². The molecule has 2 heterocycles. The third-order valence-corrected chi connectivity index (χ3v) is 7.81. The van der Waals surface area contributed by atoms with Crippen molar-refractivity contribution in [1.29, 1.82) is 0 Å². The van der Waals surface area contributed by atoms with E-state index in [0.717, 1.165) is 17.7 Å². The summed E-state index contributed by atoms with van der Waals surface area (Å²) in [5, 5.41) is 3.60. The second-order valence-electron chi connectivity index (χ2n) is 9.94. The lowest BCUT2D eigenvalue weighted by Crippen LogP contribution is -2.37. The maximum absolute atomic E-state index is 13.8. The van der Waals surface area contributed by atoms with Gasteiger partial charge in [-0.25, -0.2) is 4.79 Å². The zero-order chi connectivity index (χ0) is 29.8. The molecule has 0 unspecified atom stereocenters. The summed E-state index contributed by atoms with van der Waals surface area (Å²) in [6.07, 6.45) is 1.24. The number of thiocarbonyl (C=S) groups is 1. The molecule has 2 fully saturated rings. The third kappa shape index (κ3) is 6.29. The van der Waals surface area contributed by atoms with Crippen molar-refractivity contribution in [3.8, 4) is 0 Å². The van der Waals surface area contributed by atoms with Gasteiger partial charge in [-0.05, 0) is 91.8 Å². The van der Waals surface area contributed by atoms with Gasteiger partial charge in [0.25, 0.3) is 5.91 Å². The van der Waals surface area contributed by atoms with Crippen LogP contribution < -0.4 is 15.1 Å². The second kappa shape index (κ2) is 12.7. The molecular weight excluding hydrogens is 576 g/mol. The highest BCUT2D eigenvalue weighted by atomic mass is 35.5. The SMILES string of the molecule is CCOC(=O)c1ccc(N2C(=O)[C@@H](CC(=O)Nc3ccc(Cl)cc3)N(Cc3ccc(N4CCCC4=O)cc3)C2=S)cc1. The predicted octanol–water partition coefficient (Wildman–Crippen LogP) is 5.17.